The average Bonchev–Trinajstić information content (AvgIpc) is 2.60. The van der Waals surface area contributed by atoms with Crippen molar-refractivity contribution < 1.29 is 64.3 Å². The maximum Gasteiger partial charge on any atom is 1.00 e. The quantitative estimate of drug-likeness (QED) is 0.582. The summed E-state index contributed by atoms with van der Waals surface area (Å²) in [4.78, 5) is 0. The molecule has 2 unspecified atom stereocenters. The van der Waals surface area contributed by atoms with Crippen LogP contribution in [0, 0.1) is 5.92 Å². The molecule has 0 N–H and O–H groups in total. The topological polar surface area (TPSA) is 0 Å². The first-order valence-corrected chi connectivity index (χ1v) is 4.25. The zero-order chi connectivity index (χ0) is 8.48. The Hall–Kier alpha value is 1.49. The average molecular weight is 204 g/mol. The van der Waals surface area contributed by atoms with Crippen molar-refractivity contribution in [2.24, 2.45) is 5.92 Å². The predicted octanol–water partition coefficient (Wildman–Crippen LogP) is 0.418. The van der Waals surface area contributed by atoms with E-state index in [0.717, 1.165) is 19.3 Å². The molecule has 2 atom stereocenters. The van der Waals surface area contributed by atoms with Crippen LogP contribution in [0.4, 0.5) is 12.9 Å². The van der Waals surface area contributed by atoms with E-state index in [1.807, 2.05) is 6.92 Å². The van der Waals surface area contributed by atoms with Gasteiger partial charge >= 0.3 is 58.4 Å². The van der Waals surface area contributed by atoms with Gasteiger partial charge in [-0.05, 0) is 0 Å². The van der Waals surface area contributed by atoms with Crippen molar-refractivity contribution in [3.8, 4) is 0 Å². The van der Waals surface area contributed by atoms with Crippen LogP contribution in [-0.4, -0.2) is 6.98 Å². The molecule has 66 valence electrons. The molecule has 0 bridgehead atoms. The molecular weight excluding hydrogens is 191 g/mol. The van der Waals surface area contributed by atoms with Crippen LogP contribution in [0.5, 0.6) is 0 Å². The van der Waals surface area contributed by atoms with Crippen LogP contribution < -0.4 is 51.4 Å². The first-order valence-electron chi connectivity index (χ1n) is 4.25. The third kappa shape index (κ3) is 4.13. The first kappa shape index (κ1) is 13.5. The third-order valence-electron chi connectivity index (χ3n) is 2.39. The van der Waals surface area contributed by atoms with Gasteiger partial charge in [-0.2, -0.15) is 0 Å². The van der Waals surface area contributed by atoms with Crippen molar-refractivity contribution >= 4 is 6.98 Å². The van der Waals surface area contributed by atoms with Crippen LogP contribution in [0.25, 0.3) is 0 Å². The van der Waals surface area contributed by atoms with E-state index < -0.39 is 12.8 Å². The zero-order valence-electron chi connectivity index (χ0n) is 7.69. The van der Waals surface area contributed by atoms with Gasteiger partial charge in [-0.3, -0.25) is 0 Å². The maximum atomic E-state index is 12.0. The van der Waals surface area contributed by atoms with E-state index in [1.54, 1.807) is 0 Å². The van der Waals surface area contributed by atoms with Crippen LogP contribution in [-0.2, 0) is 0 Å². The number of halogens is 3. The van der Waals surface area contributed by atoms with E-state index >= 15 is 0 Å². The van der Waals surface area contributed by atoms with Gasteiger partial charge in [-0.15, -0.1) is 0 Å². The Labute approximate surface area is 114 Å². The molecule has 5 heteroatoms. The Kier molecular flexibility index (Phi) is 6.06. The van der Waals surface area contributed by atoms with Gasteiger partial charge in [0.25, 0.3) is 0 Å². The van der Waals surface area contributed by atoms with Crippen molar-refractivity contribution in [2.75, 3.05) is 0 Å². The van der Waals surface area contributed by atoms with E-state index in [-0.39, 0.29) is 57.3 Å². The molecule has 0 radical (unpaired) electrons. The second kappa shape index (κ2) is 5.39. The predicted molar refractivity (Wildman–Crippen MR) is 40.5 cm³/mol. The molecule has 0 aromatic carbocycles. The summed E-state index contributed by atoms with van der Waals surface area (Å²) < 4.78 is 35.9. The Balaban J connectivity index is 0.00000121. The molecule has 12 heavy (non-hydrogen) atoms. The molecule has 1 aliphatic carbocycles. The van der Waals surface area contributed by atoms with Gasteiger partial charge in [-0.25, -0.2) is 0 Å². The molecule has 0 amide bonds. The summed E-state index contributed by atoms with van der Waals surface area (Å²) >= 11 is 0. The third-order valence-corrected chi connectivity index (χ3v) is 2.39. The summed E-state index contributed by atoms with van der Waals surface area (Å²) in [5, 5.41) is 0. The summed E-state index contributed by atoms with van der Waals surface area (Å²) in [5.41, 5.74) is 0. The Morgan fingerprint density at radius 3 is 2.25 bits per heavy atom. The molecular formula is C7H13BF3K. The van der Waals surface area contributed by atoms with E-state index in [0.29, 0.717) is 6.42 Å². The minimum Gasteiger partial charge on any atom is -0.449 e. The molecule has 1 saturated carbocycles. The molecule has 0 aliphatic heterocycles. The minimum absolute atomic E-state index is 0. The molecule has 0 aromatic heterocycles. The molecule has 0 nitrogen and oxygen atoms in total. The Morgan fingerprint density at radius 2 is 1.92 bits per heavy atom. The monoisotopic (exact) mass is 204 g/mol. The smallest absolute Gasteiger partial charge is 0.449 e. The van der Waals surface area contributed by atoms with E-state index in [9.17, 15) is 12.9 Å². The fraction of sp³-hybridized carbons (Fsp3) is 1.00. The summed E-state index contributed by atoms with van der Waals surface area (Å²) in [7, 11) is 0. The molecule has 0 spiro atoms. The van der Waals surface area contributed by atoms with Crippen molar-refractivity contribution in [1.29, 1.82) is 0 Å². The Bertz CT molecular complexity index is 137. The number of hydrogen-bond acceptors (Lipinski definition) is 0. The van der Waals surface area contributed by atoms with E-state index in [2.05, 4.69) is 0 Å². The second-order valence-corrected chi connectivity index (χ2v) is 3.43. The first-order chi connectivity index (χ1) is 5.05. The van der Waals surface area contributed by atoms with Crippen molar-refractivity contribution in [3.63, 3.8) is 0 Å². The van der Waals surface area contributed by atoms with Crippen LogP contribution in [0.15, 0.2) is 0 Å². The molecule has 1 fully saturated rings. The van der Waals surface area contributed by atoms with Gasteiger partial charge in [0.15, 0.2) is 0 Å². The number of rotatable bonds is 4. The van der Waals surface area contributed by atoms with Crippen LogP contribution in [0.3, 0.4) is 0 Å². The summed E-state index contributed by atoms with van der Waals surface area (Å²) in [6.07, 6.45) is 3.15. The fourth-order valence-corrected chi connectivity index (χ4v) is 1.53. The number of hydrogen-bond donors (Lipinski definition) is 0. The molecule has 1 rings (SSSR count). The largest absolute Gasteiger partial charge is 1.00 e. The molecule has 0 heterocycles. The van der Waals surface area contributed by atoms with Crippen LogP contribution in [0.1, 0.15) is 32.6 Å². The molecule has 0 saturated heterocycles. The normalized spacial score (nSPS) is 28.0. The molecule has 0 aromatic rings. The van der Waals surface area contributed by atoms with Gasteiger partial charge in [-0.1, -0.05) is 44.3 Å². The van der Waals surface area contributed by atoms with Crippen LogP contribution in [0.2, 0.25) is 5.82 Å². The zero-order valence-corrected chi connectivity index (χ0v) is 10.8. The van der Waals surface area contributed by atoms with Gasteiger partial charge < -0.3 is 12.9 Å². The summed E-state index contributed by atoms with van der Waals surface area (Å²) in [5.74, 6) is -0.920. The van der Waals surface area contributed by atoms with Gasteiger partial charge in [0.2, 0.25) is 0 Å². The van der Waals surface area contributed by atoms with E-state index in [1.165, 1.54) is 0 Å². The van der Waals surface area contributed by atoms with Crippen molar-refractivity contribution in [1.82, 2.24) is 0 Å². The minimum atomic E-state index is -4.51. The SMILES string of the molecule is CCCCC1CC1[B-](F)(F)F.[K+]. The van der Waals surface area contributed by atoms with Gasteiger partial charge in [0.05, 0.1) is 0 Å². The number of unbranched alkanes of at least 4 members (excludes halogenated alkanes) is 1. The van der Waals surface area contributed by atoms with E-state index in [4.69, 9.17) is 0 Å². The standard InChI is InChI=1S/C7H13BF3.K/c1-2-3-4-6-5-7(6)8(9,10)11;/h6-7H,2-5H2,1H3;/q-1;+1. The van der Waals surface area contributed by atoms with Crippen LogP contribution >= 0.6 is 0 Å². The fourth-order valence-electron chi connectivity index (χ4n) is 1.53. The Morgan fingerprint density at radius 1 is 1.33 bits per heavy atom. The summed E-state index contributed by atoms with van der Waals surface area (Å²) in [6, 6.07) is 0. The van der Waals surface area contributed by atoms with Gasteiger partial charge in [0.1, 0.15) is 0 Å². The van der Waals surface area contributed by atoms with Crippen molar-refractivity contribution in [2.45, 2.75) is 38.4 Å². The second-order valence-electron chi connectivity index (χ2n) is 3.43. The summed E-state index contributed by atoms with van der Waals surface area (Å²) in [6.45, 7) is -2.50. The van der Waals surface area contributed by atoms with Crippen molar-refractivity contribution in [3.05, 3.63) is 0 Å². The molecule has 1 aliphatic rings. The maximum absolute atomic E-state index is 12.0. The van der Waals surface area contributed by atoms with Gasteiger partial charge in [0, 0.05) is 0 Å².